The van der Waals surface area contributed by atoms with Crippen molar-refractivity contribution in [3.63, 3.8) is 0 Å². The molecule has 0 saturated heterocycles. The summed E-state index contributed by atoms with van der Waals surface area (Å²) in [5.74, 6) is -4.12. The van der Waals surface area contributed by atoms with E-state index < -0.39 is 29.0 Å². The van der Waals surface area contributed by atoms with Crippen molar-refractivity contribution in [2.45, 2.75) is 0 Å². The molecule has 1 aromatic rings. The Bertz CT molecular complexity index is 382. The molecular formula is C9H5NNa2O5. The number of primary amides is 1. The number of aromatic carboxylic acids is 2. The number of benzene rings is 1. The summed E-state index contributed by atoms with van der Waals surface area (Å²) < 4.78 is 0. The predicted molar refractivity (Wildman–Crippen MR) is 43.6 cm³/mol. The van der Waals surface area contributed by atoms with Crippen LogP contribution in [0, 0.1) is 0 Å². The number of nitrogens with two attached hydrogens (primary N) is 1. The minimum absolute atomic E-state index is 0. The van der Waals surface area contributed by atoms with Gasteiger partial charge in [-0.2, -0.15) is 0 Å². The Hall–Kier alpha value is -0.370. The van der Waals surface area contributed by atoms with E-state index >= 15 is 0 Å². The number of carboxylic acid groups (broad SMARTS) is 2. The molecule has 0 aliphatic heterocycles. The van der Waals surface area contributed by atoms with Crippen molar-refractivity contribution in [2.24, 2.45) is 5.73 Å². The van der Waals surface area contributed by atoms with Crippen molar-refractivity contribution in [3.05, 3.63) is 34.9 Å². The van der Waals surface area contributed by atoms with E-state index in [1.807, 2.05) is 0 Å². The number of amides is 1. The first-order chi connectivity index (χ1) is 6.91. The molecule has 0 atom stereocenters. The van der Waals surface area contributed by atoms with Gasteiger partial charge in [-0.15, -0.1) is 0 Å². The standard InChI is InChI=1S/C9H7NO5.2Na/c10-7(11)4-1-5(8(12)13)3-6(2-4)9(14)15;;/h1-3H,(H2,10,11)(H,12,13)(H,14,15);;/q;2*+1/p-2. The van der Waals surface area contributed by atoms with Gasteiger partial charge in [0.05, 0.1) is 11.9 Å². The number of rotatable bonds is 3. The van der Waals surface area contributed by atoms with E-state index in [9.17, 15) is 24.6 Å². The number of carbonyl (C=O) groups excluding carboxylic acids is 3. The van der Waals surface area contributed by atoms with Gasteiger partial charge in [-0.1, -0.05) is 0 Å². The molecule has 0 spiro atoms. The fourth-order valence-electron chi connectivity index (χ4n) is 1.01. The van der Waals surface area contributed by atoms with Crippen LogP contribution in [0.1, 0.15) is 31.1 Å². The van der Waals surface area contributed by atoms with Gasteiger partial charge in [0.25, 0.3) is 0 Å². The van der Waals surface area contributed by atoms with Gasteiger partial charge < -0.3 is 25.5 Å². The largest absolute Gasteiger partial charge is 1.00 e. The van der Waals surface area contributed by atoms with E-state index in [0.717, 1.165) is 18.2 Å². The van der Waals surface area contributed by atoms with Crippen LogP contribution in [0.25, 0.3) is 0 Å². The molecule has 17 heavy (non-hydrogen) atoms. The van der Waals surface area contributed by atoms with Gasteiger partial charge in [0.15, 0.2) is 0 Å². The molecule has 0 heterocycles. The Balaban J connectivity index is 0. The molecular weight excluding hydrogens is 248 g/mol. The summed E-state index contributed by atoms with van der Waals surface area (Å²) in [6.07, 6.45) is 0. The molecule has 1 rings (SSSR count). The van der Waals surface area contributed by atoms with E-state index in [1.165, 1.54) is 0 Å². The van der Waals surface area contributed by atoms with Crippen LogP contribution in [0.3, 0.4) is 0 Å². The van der Waals surface area contributed by atoms with Crippen LogP contribution in [-0.4, -0.2) is 17.8 Å². The average Bonchev–Trinajstić information content (AvgIpc) is 2.16. The van der Waals surface area contributed by atoms with E-state index in [4.69, 9.17) is 5.73 Å². The molecule has 0 aliphatic carbocycles. The normalized spacial score (nSPS) is 8.47. The van der Waals surface area contributed by atoms with Gasteiger partial charge >= 0.3 is 59.1 Å². The predicted octanol–water partition coefficient (Wildman–Crippen LogP) is -8.48. The Labute approximate surface area is 141 Å². The van der Waals surface area contributed by atoms with E-state index in [-0.39, 0.29) is 64.7 Å². The van der Waals surface area contributed by atoms with Crippen molar-refractivity contribution >= 4 is 17.8 Å². The summed E-state index contributed by atoms with van der Waals surface area (Å²) in [6, 6.07) is 2.70. The second-order valence-corrected chi connectivity index (χ2v) is 2.74. The number of hydrogen-bond donors (Lipinski definition) is 1. The van der Waals surface area contributed by atoms with Crippen LogP contribution in [0.5, 0.6) is 0 Å². The first-order valence-corrected chi connectivity index (χ1v) is 3.79. The SMILES string of the molecule is NC(=O)c1cc(C(=O)[O-])cc(C(=O)[O-])c1.[Na+].[Na+]. The Morgan fingerprint density at radius 2 is 1.12 bits per heavy atom. The van der Waals surface area contributed by atoms with E-state index in [0.29, 0.717) is 0 Å². The molecule has 0 bridgehead atoms. The van der Waals surface area contributed by atoms with Gasteiger partial charge in [0.1, 0.15) is 0 Å². The van der Waals surface area contributed by atoms with Crippen molar-refractivity contribution in [1.82, 2.24) is 0 Å². The summed E-state index contributed by atoms with van der Waals surface area (Å²) in [7, 11) is 0. The second-order valence-electron chi connectivity index (χ2n) is 2.74. The Kier molecular flexibility index (Phi) is 8.78. The summed E-state index contributed by atoms with van der Waals surface area (Å²) in [4.78, 5) is 31.7. The van der Waals surface area contributed by atoms with Gasteiger partial charge in [-0.3, -0.25) is 4.79 Å². The molecule has 1 aromatic carbocycles. The third-order valence-electron chi connectivity index (χ3n) is 1.69. The van der Waals surface area contributed by atoms with Crippen molar-refractivity contribution in [3.8, 4) is 0 Å². The molecule has 78 valence electrons. The smallest absolute Gasteiger partial charge is 0.545 e. The van der Waals surface area contributed by atoms with Crippen LogP contribution in [0.15, 0.2) is 18.2 Å². The monoisotopic (exact) mass is 253 g/mol. The second kappa shape index (κ2) is 7.86. The minimum Gasteiger partial charge on any atom is -0.545 e. The van der Waals surface area contributed by atoms with E-state index in [1.54, 1.807) is 0 Å². The maximum Gasteiger partial charge on any atom is 1.00 e. The Morgan fingerprint density at radius 1 is 0.824 bits per heavy atom. The molecule has 1 amide bonds. The third kappa shape index (κ3) is 5.20. The zero-order valence-corrected chi connectivity index (χ0v) is 13.4. The summed E-state index contributed by atoms with van der Waals surface area (Å²) in [6.45, 7) is 0. The molecule has 0 unspecified atom stereocenters. The fraction of sp³-hybridized carbons (Fsp3) is 0. The average molecular weight is 253 g/mol. The maximum atomic E-state index is 10.7. The quantitative estimate of drug-likeness (QED) is 0.536. The van der Waals surface area contributed by atoms with Crippen LogP contribution in [-0.2, 0) is 0 Å². The molecule has 0 radical (unpaired) electrons. The summed E-state index contributed by atoms with van der Waals surface area (Å²) in [5.41, 5.74) is 3.78. The summed E-state index contributed by atoms with van der Waals surface area (Å²) in [5, 5.41) is 20.9. The topological polar surface area (TPSA) is 123 Å². The van der Waals surface area contributed by atoms with E-state index in [2.05, 4.69) is 0 Å². The fourth-order valence-corrected chi connectivity index (χ4v) is 1.01. The Morgan fingerprint density at radius 3 is 1.35 bits per heavy atom. The molecule has 0 saturated carbocycles. The first-order valence-electron chi connectivity index (χ1n) is 3.79. The van der Waals surface area contributed by atoms with Crippen LogP contribution >= 0.6 is 0 Å². The molecule has 2 N–H and O–H groups in total. The van der Waals surface area contributed by atoms with Crippen LogP contribution < -0.4 is 75.1 Å². The number of carbonyl (C=O) groups is 3. The molecule has 0 fully saturated rings. The van der Waals surface area contributed by atoms with Gasteiger partial charge in [-0.25, -0.2) is 0 Å². The number of hydrogen-bond acceptors (Lipinski definition) is 5. The number of carboxylic acids is 2. The molecule has 0 aliphatic rings. The first kappa shape index (κ1) is 19.0. The third-order valence-corrected chi connectivity index (χ3v) is 1.69. The minimum atomic E-state index is -1.60. The van der Waals surface area contributed by atoms with Crippen molar-refractivity contribution in [2.75, 3.05) is 0 Å². The molecule has 0 aromatic heterocycles. The zero-order valence-electron chi connectivity index (χ0n) is 9.35. The van der Waals surface area contributed by atoms with Crippen LogP contribution in [0.2, 0.25) is 0 Å². The van der Waals surface area contributed by atoms with Crippen molar-refractivity contribution in [1.29, 1.82) is 0 Å². The van der Waals surface area contributed by atoms with Gasteiger partial charge in [-0.05, 0) is 29.3 Å². The summed E-state index contributed by atoms with van der Waals surface area (Å²) >= 11 is 0. The molecule has 6 nitrogen and oxygen atoms in total. The van der Waals surface area contributed by atoms with Gasteiger partial charge in [0.2, 0.25) is 5.91 Å². The van der Waals surface area contributed by atoms with Crippen molar-refractivity contribution < 1.29 is 83.7 Å². The van der Waals surface area contributed by atoms with Crippen LogP contribution in [0.4, 0.5) is 0 Å². The van der Waals surface area contributed by atoms with Gasteiger partial charge in [0, 0.05) is 5.56 Å². The zero-order chi connectivity index (χ0) is 11.6. The maximum absolute atomic E-state index is 10.7. The molecule has 8 heteroatoms.